The number of nitrogens with zero attached hydrogens (tertiary/aromatic N) is 3. The fourth-order valence-corrected chi connectivity index (χ4v) is 5.29. The van der Waals surface area contributed by atoms with Crippen LogP contribution >= 0.6 is 11.3 Å². The van der Waals surface area contributed by atoms with Crippen molar-refractivity contribution in [2.24, 2.45) is 5.92 Å². The third kappa shape index (κ3) is 4.89. The van der Waals surface area contributed by atoms with Gasteiger partial charge in [-0.1, -0.05) is 19.9 Å². The number of carbonyl (C=O) groups is 2. The second kappa shape index (κ2) is 9.34. The predicted octanol–water partition coefficient (Wildman–Crippen LogP) is 3.21. The van der Waals surface area contributed by atoms with Gasteiger partial charge in [-0.15, -0.1) is 11.3 Å². The minimum atomic E-state index is -0.137. The highest BCUT2D eigenvalue weighted by atomic mass is 32.1. The number of likely N-dealkylation sites (tertiary alicyclic amines) is 2. The number of aromatic amines is 1. The number of hydrogen-bond donors (Lipinski definition) is 1. The molecule has 31 heavy (non-hydrogen) atoms. The Hall–Kier alpha value is -2.48. The number of nitrogens with one attached hydrogen (secondary N) is 1. The number of amides is 2. The summed E-state index contributed by atoms with van der Waals surface area (Å²) >= 11 is 1.46. The fourth-order valence-electron chi connectivity index (χ4n) is 4.60. The predicted molar refractivity (Wildman–Crippen MR) is 120 cm³/mol. The lowest BCUT2D eigenvalue weighted by atomic mass is 9.92. The molecule has 2 aliphatic rings. The summed E-state index contributed by atoms with van der Waals surface area (Å²) in [5, 5.41) is 1.92. The first-order valence-electron chi connectivity index (χ1n) is 11.1. The fraction of sp³-hybridized carbons (Fsp3) is 0.565. The summed E-state index contributed by atoms with van der Waals surface area (Å²) in [7, 11) is 0. The lowest BCUT2D eigenvalue weighted by molar-refractivity contribution is -0.135. The third-order valence-electron chi connectivity index (χ3n) is 6.33. The van der Waals surface area contributed by atoms with Crippen LogP contribution in [0.3, 0.4) is 0 Å². The number of piperidine rings is 2. The Bertz CT molecular complexity index is 977. The first-order valence-corrected chi connectivity index (χ1v) is 12.0. The molecule has 2 amide bonds. The summed E-state index contributed by atoms with van der Waals surface area (Å²) < 4.78 is 0. The first-order chi connectivity index (χ1) is 14.9. The van der Waals surface area contributed by atoms with Gasteiger partial charge in [0.2, 0.25) is 5.91 Å². The van der Waals surface area contributed by atoms with Crippen LogP contribution < -0.4 is 5.56 Å². The lowest BCUT2D eigenvalue weighted by Gasteiger charge is -2.34. The Kier molecular flexibility index (Phi) is 6.55. The van der Waals surface area contributed by atoms with Crippen molar-refractivity contribution >= 4 is 23.2 Å². The quantitative estimate of drug-likeness (QED) is 0.788. The highest BCUT2D eigenvalue weighted by molar-refractivity contribution is 7.12. The Morgan fingerprint density at radius 1 is 1.13 bits per heavy atom. The number of H-pyrrole nitrogens is 1. The van der Waals surface area contributed by atoms with E-state index in [1.807, 2.05) is 41.2 Å². The van der Waals surface area contributed by atoms with E-state index in [2.05, 4.69) is 4.98 Å². The number of hydrogen-bond acceptors (Lipinski definition) is 5. The molecule has 2 aromatic heterocycles. The van der Waals surface area contributed by atoms with Gasteiger partial charge in [-0.3, -0.25) is 14.4 Å². The SMILES string of the molecule is CC(C)C(=O)N1CCC(c2nc([C@@H]3CCCN(C(=O)c4cccs4)C3)cc(=O)[nH]2)CC1. The third-order valence-corrected chi connectivity index (χ3v) is 7.18. The molecule has 8 heteroatoms. The monoisotopic (exact) mass is 442 g/mol. The number of aromatic nitrogens is 2. The minimum Gasteiger partial charge on any atom is -0.342 e. The maximum atomic E-state index is 12.8. The Morgan fingerprint density at radius 3 is 2.58 bits per heavy atom. The maximum absolute atomic E-state index is 12.8. The molecule has 4 heterocycles. The Labute approximate surface area is 186 Å². The smallest absolute Gasteiger partial charge is 0.263 e. The van der Waals surface area contributed by atoms with Crippen LogP contribution in [0.1, 0.15) is 72.6 Å². The molecule has 166 valence electrons. The van der Waals surface area contributed by atoms with Crippen LogP contribution in [0.25, 0.3) is 0 Å². The highest BCUT2D eigenvalue weighted by Crippen LogP contribution is 2.30. The minimum absolute atomic E-state index is 0.00365. The van der Waals surface area contributed by atoms with E-state index < -0.39 is 0 Å². The van der Waals surface area contributed by atoms with Gasteiger partial charge in [0.15, 0.2) is 0 Å². The summed E-state index contributed by atoms with van der Waals surface area (Å²) in [5.74, 6) is 1.20. The van der Waals surface area contributed by atoms with Gasteiger partial charge in [-0.25, -0.2) is 4.98 Å². The molecule has 7 nitrogen and oxygen atoms in total. The van der Waals surface area contributed by atoms with Crippen LogP contribution in [0.15, 0.2) is 28.4 Å². The Balaban J connectivity index is 1.46. The van der Waals surface area contributed by atoms with Crippen LogP contribution in [0.5, 0.6) is 0 Å². The van der Waals surface area contributed by atoms with Crippen molar-refractivity contribution in [3.8, 4) is 0 Å². The molecule has 0 aromatic carbocycles. The van der Waals surface area contributed by atoms with Crippen LogP contribution in [0.4, 0.5) is 0 Å². The van der Waals surface area contributed by atoms with E-state index in [4.69, 9.17) is 4.98 Å². The average Bonchev–Trinajstić information content (AvgIpc) is 3.33. The van der Waals surface area contributed by atoms with E-state index in [9.17, 15) is 14.4 Å². The van der Waals surface area contributed by atoms with Crippen molar-refractivity contribution in [1.82, 2.24) is 19.8 Å². The molecule has 1 atom stereocenters. The van der Waals surface area contributed by atoms with Crippen molar-refractivity contribution in [3.63, 3.8) is 0 Å². The first kappa shape index (κ1) is 21.7. The zero-order valence-electron chi connectivity index (χ0n) is 18.2. The molecule has 0 radical (unpaired) electrons. The average molecular weight is 443 g/mol. The van der Waals surface area contributed by atoms with Crippen LogP contribution in [0.2, 0.25) is 0 Å². The topological polar surface area (TPSA) is 86.4 Å². The highest BCUT2D eigenvalue weighted by Gasteiger charge is 2.30. The second-order valence-electron chi connectivity index (χ2n) is 8.88. The van der Waals surface area contributed by atoms with E-state index in [0.29, 0.717) is 19.6 Å². The van der Waals surface area contributed by atoms with Crippen molar-refractivity contribution in [1.29, 1.82) is 0 Å². The number of rotatable bonds is 4. The van der Waals surface area contributed by atoms with Crippen molar-refractivity contribution in [3.05, 3.63) is 50.3 Å². The standard InChI is InChI=1S/C23H30N4O3S/c1-15(2)22(29)26-10-7-16(8-11-26)21-24-18(13-20(28)25-21)17-5-3-9-27(14-17)23(30)19-6-4-12-31-19/h4,6,12-13,15-17H,3,5,7-11,14H2,1-2H3,(H,24,25,28)/t17-/m1/s1. The van der Waals surface area contributed by atoms with Gasteiger partial charge in [-0.2, -0.15) is 0 Å². The van der Waals surface area contributed by atoms with Crippen LogP contribution in [-0.4, -0.2) is 57.8 Å². The Morgan fingerprint density at radius 2 is 1.90 bits per heavy atom. The molecule has 4 rings (SSSR count). The molecule has 0 unspecified atom stereocenters. The lowest BCUT2D eigenvalue weighted by Crippen LogP contribution is -2.41. The molecule has 0 saturated carbocycles. The molecular formula is C23H30N4O3S. The van der Waals surface area contributed by atoms with Crippen LogP contribution in [0, 0.1) is 5.92 Å². The molecule has 0 aliphatic carbocycles. The van der Waals surface area contributed by atoms with Gasteiger partial charge in [-0.05, 0) is 37.1 Å². The van der Waals surface area contributed by atoms with Gasteiger partial charge in [0.1, 0.15) is 5.82 Å². The maximum Gasteiger partial charge on any atom is 0.263 e. The molecule has 0 spiro atoms. The van der Waals surface area contributed by atoms with E-state index in [1.165, 1.54) is 11.3 Å². The molecule has 2 aromatic rings. The van der Waals surface area contributed by atoms with Gasteiger partial charge >= 0.3 is 0 Å². The largest absolute Gasteiger partial charge is 0.342 e. The van der Waals surface area contributed by atoms with E-state index >= 15 is 0 Å². The summed E-state index contributed by atoms with van der Waals surface area (Å²) in [5.41, 5.74) is 0.644. The summed E-state index contributed by atoms with van der Waals surface area (Å²) in [6.07, 6.45) is 3.43. The molecule has 0 bridgehead atoms. The second-order valence-corrected chi connectivity index (χ2v) is 9.83. The van der Waals surface area contributed by atoms with E-state index in [0.717, 1.165) is 48.6 Å². The van der Waals surface area contributed by atoms with Gasteiger partial charge < -0.3 is 14.8 Å². The summed E-state index contributed by atoms with van der Waals surface area (Å²) in [6.45, 7) is 6.57. The van der Waals surface area contributed by atoms with Gasteiger partial charge in [0.05, 0.1) is 10.6 Å². The molecule has 2 saturated heterocycles. The zero-order valence-corrected chi connectivity index (χ0v) is 19.0. The molecule has 1 N–H and O–H groups in total. The molecule has 2 aliphatic heterocycles. The van der Waals surface area contributed by atoms with Crippen molar-refractivity contribution in [2.75, 3.05) is 26.2 Å². The molecular weight excluding hydrogens is 412 g/mol. The normalized spacial score (nSPS) is 20.3. The van der Waals surface area contributed by atoms with Gasteiger partial charge in [0.25, 0.3) is 11.5 Å². The number of thiophene rings is 1. The van der Waals surface area contributed by atoms with Crippen molar-refractivity contribution < 1.29 is 9.59 Å². The zero-order chi connectivity index (χ0) is 22.0. The number of carbonyl (C=O) groups excluding carboxylic acids is 2. The van der Waals surface area contributed by atoms with E-state index in [-0.39, 0.29) is 35.1 Å². The van der Waals surface area contributed by atoms with Crippen LogP contribution in [-0.2, 0) is 4.79 Å². The summed E-state index contributed by atoms with van der Waals surface area (Å²) in [4.78, 5) is 49.8. The summed E-state index contributed by atoms with van der Waals surface area (Å²) in [6, 6.07) is 5.34. The van der Waals surface area contributed by atoms with Crippen molar-refractivity contribution in [2.45, 2.75) is 51.4 Å². The van der Waals surface area contributed by atoms with E-state index in [1.54, 1.807) is 6.07 Å². The van der Waals surface area contributed by atoms with Gasteiger partial charge in [0, 0.05) is 50.0 Å². The molecule has 2 fully saturated rings.